The minimum atomic E-state index is -1.35. The Bertz CT molecular complexity index is 718. The fourth-order valence-electron chi connectivity index (χ4n) is 2.33. The first-order valence-electron chi connectivity index (χ1n) is 7.91. The molecule has 0 heterocycles. The van der Waals surface area contributed by atoms with Gasteiger partial charge >= 0.3 is 5.97 Å². The van der Waals surface area contributed by atoms with Crippen molar-refractivity contribution >= 4 is 16.8 Å². The van der Waals surface area contributed by atoms with Crippen LogP contribution in [-0.4, -0.2) is 17.3 Å². The first-order valence-corrected chi connectivity index (χ1v) is 9.06. The van der Waals surface area contributed by atoms with E-state index in [0.29, 0.717) is 16.2 Å². The van der Waals surface area contributed by atoms with Gasteiger partial charge in [0.25, 0.3) is 0 Å². The number of benzene rings is 2. The van der Waals surface area contributed by atoms with Crippen molar-refractivity contribution < 1.29 is 13.7 Å². The lowest BCUT2D eigenvalue weighted by Crippen LogP contribution is -2.03. The lowest BCUT2D eigenvalue weighted by atomic mass is 10.1. The van der Waals surface area contributed by atoms with Crippen molar-refractivity contribution in [3.8, 4) is 0 Å². The molecule has 0 saturated heterocycles. The zero-order chi connectivity index (χ0) is 17.4. The fourth-order valence-corrected chi connectivity index (χ4v) is 3.55. The highest BCUT2D eigenvalue weighted by Gasteiger charge is 2.13. The topological polar surface area (TPSA) is 43.4 Å². The fraction of sp³-hybridized carbons (Fsp3) is 0.250. The molecule has 0 saturated carbocycles. The normalized spacial score (nSPS) is 12.7. The molecule has 0 aliphatic carbocycles. The van der Waals surface area contributed by atoms with Crippen molar-refractivity contribution in [1.29, 1.82) is 0 Å². The monoisotopic (exact) mass is 342 g/mol. The van der Waals surface area contributed by atoms with E-state index in [9.17, 15) is 9.00 Å². The number of carbonyl (C=O) groups excluding carboxylic acids is 1. The Labute approximate surface area is 145 Å². The van der Waals surface area contributed by atoms with E-state index in [1.165, 1.54) is 18.7 Å². The van der Waals surface area contributed by atoms with Gasteiger partial charge in [0, 0.05) is 15.9 Å². The van der Waals surface area contributed by atoms with Gasteiger partial charge in [0.15, 0.2) is 0 Å². The van der Waals surface area contributed by atoms with E-state index in [4.69, 9.17) is 4.74 Å². The summed E-state index contributed by atoms with van der Waals surface area (Å²) in [6.45, 7) is 1.98. The molecule has 24 heavy (non-hydrogen) atoms. The molecular formula is C20H22O3S. The number of hydrogen-bond acceptors (Lipinski definition) is 3. The van der Waals surface area contributed by atoms with Gasteiger partial charge in [0.1, 0.15) is 0 Å². The highest BCUT2D eigenvalue weighted by Crippen LogP contribution is 2.20. The van der Waals surface area contributed by atoms with Gasteiger partial charge in [0.2, 0.25) is 0 Å². The molecule has 1 atom stereocenters. The summed E-state index contributed by atoms with van der Waals surface area (Å²) >= 11 is 0. The molecule has 4 heteroatoms. The van der Waals surface area contributed by atoms with Crippen LogP contribution in [0.2, 0.25) is 0 Å². The van der Waals surface area contributed by atoms with Crippen LogP contribution < -0.4 is 0 Å². The van der Waals surface area contributed by atoms with Crippen molar-refractivity contribution in [2.45, 2.75) is 31.1 Å². The van der Waals surface area contributed by atoms with Crippen molar-refractivity contribution in [1.82, 2.24) is 0 Å². The molecule has 2 rings (SSSR count). The Morgan fingerprint density at radius 1 is 1.08 bits per heavy atom. The molecule has 0 aromatic heterocycles. The Morgan fingerprint density at radius 3 is 2.38 bits per heavy atom. The molecule has 0 aliphatic heterocycles. The van der Waals surface area contributed by atoms with E-state index in [0.717, 1.165) is 18.4 Å². The average Bonchev–Trinajstić information content (AvgIpc) is 2.61. The van der Waals surface area contributed by atoms with Crippen LogP contribution in [-0.2, 0) is 26.8 Å². The van der Waals surface area contributed by atoms with E-state index in [1.54, 1.807) is 0 Å². The Balaban J connectivity index is 2.09. The second-order valence-corrected chi connectivity index (χ2v) is 7.09. The average molecular weight is 342 g/mol. The third-order valence-electron chi connectivity index (χ3n) is 3.68. The van der Waals surface area contributed by atoms with Crippen molar-refractivity contribution in [3.05, 3.63) is 76.7 Å². The number of aryl methyl sites for hydroxylation is 2. The molecule has 0 radical (unpaired) electrons. The van der Waals surface area contributed by atoms with E-state index in [-0.39, 0.29) is 0 Å². The molecule has 2 aromatic carbocycles. The standard InChI is InChI=1S/C20H22O3S/c1-16-11-13-18(14-12-16)24(22)19(15-20(21)23-2)10-6-9-17-7-4-3-5-8-17/h3-5,7-8,11-15H,6,9-10H2,1-2H3/b19-15+. The first kappa shape index (κ1) is 18.1. The summed E-state index contributed by atoms with van der Waals surface area (Å²) in [5.74, 6) is -0.467. The van der Waals surface area contributed by atoms with Crippen LogP contribution in [0.25, 0.3) is 0 Å². The molecule has 0 amide bonds. The van der Waals surface area contributed by atoms with Crippen molar-refractivity contribution in [2.24, 2.45) is 0 Å². The molecule has 0 fully saturated rings. The van der Waals surface area contributed by atoms with Crippen LogP contribution in [0.5, 0.6) is 0 Å². The van der Waals surface area contributed by atoms with Gasteiger partial charge in [-0.2, -0.15) is 0 Å². The summed E-state index contributed by atoms with van der Waals surface area (Å²) in [5.41, 5.74) is 2.34. The summed E-state index contributed by atoms with van der Waals surface area (Å²) in [4.78, 5) is 12.9. The van der Waals surface area contributed by atoms with E-state index in [1.807, 2.05) is 49.4 Å². The van der Waals surface area contributed by atoms with Gasteiger partial charge in [-0.1, -0.05) is 48.0 Å². The maximum atomic E-state index is 12.8. The van der Waals surface area contributed by atoms with Crippen molar-refractivity contribution in [3.63, 3.8) is 0 Å². The molecule has 1 unspecified atom stereocenters. The number of methoxy groups -OCH3 is 1. The van der Waals surface area contributed by atoms with Crippen LogP contribution in [0.15, 0.2) is 70.5 Å². The Hall–Kier alpha value is -2.20. The molecule has 0 aliphatic rings. The molecule has 0 bridgehead atoms. The second kappa shape index (κ2) is 9.18. The minimum Gasteiger partial charge on any atom is -0.466 e. The minimum absolute atomic E-state index is 0.467. The molecule has 2 aromatic rings. The quantitative estimate of drug-likeness (QED) is 0.560. The number of ether oxygens (including phenoxy) is 1. The molecule has 126 valence electrons. The van der Waals surface area contributed by atoms with Crippen LogP contribution in [0, 0.1) is 6.92 Å². The zero-order valence-electron chi connectivity index (χ0n) is 14.0. The Morgan fingerprint density at radius 2 is 1.75 bits per heavy atom. The van der Waals surface area contributed by atoms with Gasteiger partial charge in [-0.15, -0.1) is 0 Å². The van der Waals surface area contributed by atoms with E-state index >= 15 is 0 Å². The maximum absolute atomic E-state index is 12.8. The highest BCUT2D eigenvalue weighted by molar-refractivity contribution is 7.89. The predicted molar refractivity (Wildman–Crippen MR) is 97.1 cm³/mol. The predicted octanol–water partition coefficient (Wildman–Crippen LogP) is 4.18. The molecule has 0 spiro atoms. The number of allylic oxidation sites excluding steroid dienone is 1. The number of rotatable bonds is 7. The molecule has 3 nitrogen and oxygen atoms in total. The van der Waals surface area contributed by atoms with Gasteiger partial charge in [-0.05, 0) is 43.9 Å². The number of carbonyl (C=O) groups is 1. The van der Waals surface area contributed by atoms with E-state index in [2.05, 4.69) is 12.1 Å². The van der Waals surface area contributed by atoms with Crippen LogP contribution in [0.1, 0.15) is 24.0 Å². The number of hydrogen-bond donors (Lipinski definition) is 0. The largest absolute Gasteiger partial charge is 0.466 e. The second-order valence-electron chi connectivity index (χ2n) is 5.55. The summed E-state index contributed by atoms with van der Waals surface area (Å²) in [5, 5.41) is 0. The lowest BCUT2D eigenvalue weighted by molar-refractivity contribution is -0.134. The van der Waals surface area contributed by atoms with Gasteiger partial charge in [0.05, 0.1) is 17.9 Å². The third-order valence-corrected chi connectivity index (χ3v) is 5.18. The maximum Gasteiger partial charge on any atom is 0.331 e. The van der Waals surface area contributed by atoms with Crippen LogP contribution in [0.3, 0.4) is 0 Å². The number of esters is 1. The summed E-state index contributed by atoms with van der Waals surface area (Å²) in [6, 6.07) is 17.7. The van der Waals surface area contributed by atoms with Crippen LogP contribution in [0.4, 0.5) is 0 Å². The lowest BCUT2D eigenvalue weighted by Gasteiger charge is -2.08. The first-order chi connectivity index (χ1) is 11.6. The zero-order valence-corrected chi connectivity index (χ0v) is 14.8. The van der Waals surface area contributed by atoms with Crippen molar-refractivity contribution in [2.75, 3.05) is 7.11 Å². The van der Waals surface area contributed by atoms with Gasteiger partial charge < -0.3 is 4.74 Å². The summed E-state index contributed by atoms with van der Waals surface area (Å²) in [7, 11) is -0.0207. The summed E-state index contributed by atoms with van der Waals surface area (Å²) < 4.78 is 17.5. The summed E-state index contributed by atoms with van der Waals surface area (Å²) in [6.07, 6.45) is 3.65. The third kappa shape index (κ3) is 5.46. The molecule has 0 N–H and O–H groups in total. The Kier molecular flexibility index (Phi) is 6.94. The van der Waals surface area contributed by atoms with E-state index < -0.39 is 16.8 Å². The smallest absolute Gasteiger partial charge is 0.331 e. The highest BCUT2D eigenvalue weighted by atomic mass is 32.2. The van der Waals surface area contributed by atoms with Crippen LogP contribution >= 0.6 is 0 Å². The SMILES string of the molecule is COC(=O)/C=C(\CCCc1ccccc1)S(=O)c1ccc(C)cc1. The van der Waals surface area contributed by atoms with Gasteiger partial charge in [-0.25, -0.2) is 9.00 Å². The van der Waals surface area contributed by atoms with Gasteiger partial charge in [-0.3, -0.25) is 0 Å². The molecular weight excluding hydrogens is 320 g/mol.